The van der Waals surface area contributed by atoms with E-state index in [0.717, 1.165) is 18.2 Å². The van der Waals surface area contributed by atoms with Gasteiger partial charge in [-0.05, 0) is 60.0 Å². The molecule has 11 nitrogen and oxygen atoms in total. The van der Waals surface area contributed by atoms with Crippen molar-refractivity contribution in [1.29, 1.82) is 0 Å². The van der Waals surface area contributed by atoms with Gasteiger partial charge in [-0.1, -0.05) is 24.3 Å². The van der Waals surface area contributed by atoms with Crippen molar-refractivity contribution in [2.45, 2.75) is 9.79 Å². The van der Waals surface area contributed by atoms with Gasteiger partial charge in [-0.3, -0.25) is 0 Å². The summed E-state index contributed by atoms with van der Waals surface area (Å²) in [7, 11) is -10.3. The number of phenols is 1. The zero-order valence-corrected chi connectivity index (χ0v) is 25.1. The maximum absolute atomic E-state index is 11.8. The molecule has 0 bridgehead atoms. The molecule has 1 N–H and O–H groups in total. The molecule has 0 fully saturated rings. The summed E-state index contributed by atoms with van der Waals surface area (Å²) < 4.78 is 69.8. The van der Waals surface area contributed by atoms with Crippen molar-refractivity contribution in [3.8, 4) is 5.75 Å². The Morgan fingerprint density at radius 2 is 1.14 bits per heavy atom. The molecule has 4 rings (SSSR count). The van der Waals surface area contributed by atoms with E-state index in [9.17, 15) is 31.0 Å². The minimum Gasteiger partial charge on any atom is -0.744 e. The summed E-state index contributed by atoms with van der Waals surface area (Å²) in [5.41, 5.74) is 1.09. The summed E-state index contributed by atoms with van der Waals surface area (Å²) in [4.78, 5) is -1.93. The maximum atomic E-state index is 11.8. The number of fused-ring (bicyclic) bond motifs is 1. The van der Waals surface area contributed by atoms with E-state index in [4.69, 9.17) is 0 Å². The Hall–Kier alpha value is -2.04. The molecule has 178 valence electrons. The van der Waals surface area contributed by atoms with Gasteiger partial charge in [-0.2, -0.15) is 15.3 Å². The van der Waals surface area contributed by atoms with Crippen LogP contribution < -0.4 is 59.1 Å². The first-order valence-electron chi connectivity index (χ1n) is 9.72. The SMILES string of the molecule is O=S(=O)([O-])c1cc(S(=O)(=O)[O-])c2c(N=Nc3ccc(N=Nc4ccccc4)cc3)c(O)ccc2c1.[Na+].[Na+]. The molecule has 0 heterocycles. The Kier molecular flexibility index (Phi) is 10.7. The van der Waals surface area contributed by atoms with Gasteiger partial charge in [0.05, 0.1) is 26.9 Å². The monoisotopic (exact) mass is 556 g/mol. The zero-order chi connectivity index (χ0) is 25.2. The number of aromatic hydroxyl groups is 1. The van der Waals surface area contributed by atoms with Crippen LogP contribution in [0.1, 0.15) is 0 Å². The molecule has 37 heavy (non-hydrogen) atoms. The molecule has 0 saturated carbocycles. The number of azo groups is 2. The fourth-order valence-electron chi connectivity index (χ4n) is 3.12. The summed E-state index contributed by atoms with van der Waals surface area (Å²) in [5.74, 6) is -0.517. The minimum absolute atomic E-state index is 0. The van der Waals surface area contributed by atoms with Gasteiger partial charge < -0.3 is 14.2 Å². The number of benzene rings is 4. The third kappa shape index (κ3) is 7.74. The van der Waals surface area contributed by atoms with E-state index in [1.807, 2.05) is 18.2 Å². The Labute approximate surface area is 256 Å². The standard InChI is InChI=1S/C22H16N4O7S2.2Na/c27-19-11-6-14-12-18(34(28,29)30)13-20(35(31,32)33)21(14)22(19)26-25-17-9-7-16(8-10-17)24-23-15-4-2-1-3-5-15;;/h1-13,27H,(H,28,29,30)(H,31,32,33);;/q;2*+1/p-2. The number of nitrogens with zero attached hydrogens (tertiary/aromatic N) is 4. The molecule has 0 unspecified atom stereocenters. The van der Waals surface area contributed by atoms with E-state index in [1.165, 1.54) is 0 Å². The van der Waals surface area contributed by atoms with Crippen molar-refractivity contribution in [1.82, 2.24) is 0 Å². The first-order chi connectivity index (χ1) is 16.5. The summed E-state index contributed by atoms with van der Waals surface area (Å²) in [6.07, 6.45) is 0. The normalized spacial score (nSPS) is 11.9. The van der Waals surface area contributed by atoms with Crippen molar-refractivity contribution in [2.75, 3.05) is 0 Å². The molecule has 0 atom stereocenters. The molecule has 0 aliphatic heterocycles. The van der Waals surface area contributed by atoms with Crippen LogP contribution in [-0.2, 0) is 20.2 Å². The van der Waals surface area contributed by atoms with Crippen LogP contribution in [0.5, 0.6) is 5.75 Å². The fourth-order valence-corrected chi connectivity index (χ4v) is 4.46. The number of rotatable bonds is 6. The Bertz CT molecular complexity index is 1700. The van der Waals surface area contributed by atoms with E-state index >= 15 is 0 Å². The zero-order valence-electron chi connectivity index (χ0n) is 19.5. The predicted molar refractivity (Wildman–Crippen MR) is 123 cm³/mol. The molecular formula is C22H14N4Na2O7S2. The van der Waals surface area contributed by atoms with Crippen LogP contribution in [0.25, 0.3) is 10.8 Å². The molecule has 0 radical (unpaired) electrons. The van der Waals surface area contributed by atoms with Crippen LogP contribution >= 0.6 is 0 Å². The quantitative estimate of drug-likeness (QED) is 0.183. The van der Waals surface area contributed by atoms with Gasteiger partial charge in [0, 0.05) is 5.39 Å². The third-order valence-electron chi connectivity index (χ3n) is 4.72. The Morgan fingerprint density at radius 1 is 0.622 bits per heavy atom. The van der Waals surface area contributed by atoms with E-state index < -0.39 is 35.8 Å². The maximum Gasteiger partial charge on any atom is 1.00 e. The van der Waals surface area contributed by atoms with Crippen molar-refractivity contribution in [2.24, 2.45) is 20.5 Å². The van der Waals surface area contributed by atoms with Crippen molar-refractivity contribution >= 4 is 53.8 Å². The average Bonchev–Trinajstić information content (AvgIpc) is 2.81. The van der Waals surface area contributed by atoms with Gasteiger partial charge in [0.25, 0.3) is 0 Å². The van der Waals surface area contributed by atoms with Crippen LogP contribution in [0.15, 0.2) is 109 Å². The second kappa shape index (κ2) is 12.7. The second-order valence-corrected chi connectivity index (χ2v) is 9.84. The number of phenolic OH excluding ortho intramolecular Hbond substituents is 1. The van der Waals surface area contributed by atoms with Gasteiger partial charge in [0.1, 0.15) is 31.7 Å². The molecule has 0 aromatic heterocycles. The van der Waals surface area contributed by atoms with Crippen LogP contribution in [0, 0.1) is 0 Å². The smallest absolute Gasteiger partial charge is 0.744 e. The van der Waals surface area contributed by atoms with Gasteiger partial charge in [0.15, 0.2) is 0 Å². The van der Waals surface area contributed by atoms with Crippen LogP contribution in [0.2, 0.25) is 0 Å². The van der Waals surface area contributed by atoms with Crippen molar-refractivity contribution in [3.05, 3.63) is 78.9 Å². The molecule has 15 heteroatoms. The molecule has 0 spiro atoms. The molecule has 0 amide bonds. The Balaban J connectivity index is 0.00000241. The van der Waals surface area contributed by atoms with Crippen LogP contribution in [-0.4, -0.2) is 31.0 Å². The molecule has 0 saturated heterocycles. The minimum atomic E-state index is -5.26. The van der Waals surface area contributed by atoms with Gasteiger partial charge in [0.2, 0.25) is 0 Å². The molecular weight excluding hydrogens is 542 g/mol. The van der Waals surface area contributed by atoms with E-state index in [1.54, 1.807) is 36.4 Å². The van der Waals surface area contributed by atoms with Crippen molar-refractivity contribution in [3.63, 3.8) is 0 Å². The number of hydrogen-bond donors (Lipinski definition) is 1. The van der Waals surface area contributed by atoms with Gasteiger partial charge in [-0.25, -0.2) is 16.8 Å². The number of hydrogen-bond acceptors (Lipinski definition) is 11. The molecule has 4 aromatic rings. The summed E-state index contributed by atoms with van der Waals surface area (Å²) in [6, 6.07) is 18.9. The first kappa shape index (κ1) is 31.2. The summed E-state index contributed by atoms with van der Waals surface area (Å²) in [6.45, 7) is 0. The first-order valence-corrected chi connectivity index (χ1v) is 12.5. The molecule has 4 aromatic carbocycles. The Morgan fingerprint density at radius 3 is 1.65 bits per heavy atom. The topological polar surface area (TPSA) is 184 Å². The van der Waals surface area contributed by atoms with Crippen LogP contribution in [0.4, 0.5) is 22.7 Å². The average molecular weight is 556 g/mol. The van der Waals surface area contributed by atoms with Gasteiger partial charge >= 0.3 is 59.1 Å². The second-order valence-electron chi connectivity index (χ2n) is 7.11. The van der Waals surface area contributed by atoms with Gasteiger partial charge in [-0.15, -0.1) is 5.11 Å². The summed E-state index contributed by atoms with van der Waals surface area (Å²) in [5, 5.41) is 25.8. The largest absolute Gasteiger partial charge is 1.00 e. The third-order valence-corrected chi connectivity index (χ3v) is 6.39. The predicted octanol–water partition coefficient (Wildman–Crippen LogP) is -0.808. The van der Waals surface area contributed by atoms with Crippen molar-refractivity contribution < 1.29 is 90.2 Å². The molecule has 0 aliphatic rings. The summed E-state index contributed by atoms with van der Waals surface area (Å²) >= 11 is 0. The van der Waals surface area contributed by atoms with E-state index in [2.05, 4.69) is 20.5 Å². The van der Waals surface area contributed by atoms with E-state index in [-0.39, 0.29) is 75.6 Å². The molecule has 0 aliphatic carbocycles. The fraction of sp³-hybridized carbons (Fsp3) is 0. The van der Waals surface area contributed by atoms with Crippen LogP contribution in [0.3, 0.4) is 0 Å². The van der Waals surface area contributed by atoms with E-state index in [0.29, 0.717) is 23.1 Å².